The van der Waals surface area contributed by atoms with Gasteiger partial charge in [-0.2, -0.15) is 0 Å². The summed E-state index contributed by atoms with van der Waals surface area (Å²) >= 11 is 5.34. The molecule has 0 aliphatic carbocycles. The first kappa shape index (κ1) is 10.3. The average molecular weight is 116 g/mol. The van der Waals surface area contributed by atoms with Gasteiger partial charge in [0.05, 0.1) is 0 Å². The van der Waals surface area contributed by atoms with Crippen molar-refractivity contribution >= 4 is 11.6 Å². The summed E-state index contributed by atoms with van der Waals surface area (Å²) in [7, 11) is 0. The topological polar surface area (TPSA) is 0 Å². The molecule has 0 saturated carbocycles. The van der Waals surface area contributed by atoms with Gasteiger partial charge in [0.15, 0.2) is 0 Å². The molecule has 32 valence electrons. The fraction of sp³-hybridized carbons (Fsp3) is 1.00. The van der Waals surface area contributed by atoms with E-state index in [0.29, 0.717) is 5.92 Å². The maximum absolute atomic E-state index is 5.34. The van der Waals surface area contributed by atoms with E-state index in [9.17, 15) is 0 Å². The van der Waals surface area contributed by atoms with E-state index in [0.717, 1.165) is 5.88 Å². The largest absolute Gasteiger partial charge is 1.00 e. The van der Waals surface area contributed by atoms with Crippen LogP contribution in [0, 0.1) is 5.92 Å². The average Bonchev–Trinajstić information content (AvgIpc) is 1.38. The molecular weight excluding hydrogens is 106 g/mol. The first-order valence-electron chi connectivity index (χ1n) is 1.83. The van der Waals surface area contributed by atoms with Crippen LogP contribution in [0.15, 0.2) is 0 Å². The summed E-state index contributed by atoms with van der Waals surface area (Å²) in [6.45, 7) is 4.18. The van der Waals surface area contributed by atoms with Gasteiger partial charge in [0, 0.05) is 5.88 Å². The molecule has 0 bridgehead atoms. The van der Waals surface area contributed by atoms with E-state index in [-0.39, 0.29) is 29.6 Å². The summed E-state index contributed by atoms with van der Waals surface area (Å²) in [5.41, 5.74) is 0. The van der Waals surface area contributed by atoms with Gasteiger partial charge in [-0.25, -0.2) is 0 Å². The Morgan fingerprint density at radius 3 is 1.67 bits per heavy atom. The maximum atomic E-state index is 5.34. The number of alkyl halides is 1. The molecule has 0 aromatic rings. The third-order valence-electron chi connectivity index (χ3n) is 0.309. The summed E-state index contributed by atoms with van der Waals surface area (Å²) in [4.78, 5) is 0. The fourth-order valence-electron chi connectivity index (χ4n) is 0. The molecule has 0 unspecified atom stereocenters. The molecule has 0 aromatic carbocycles. The van der Waals surface area contributed by atoms with Crippen LogP contribution in [0.3, 0.4) is 0 Å². The van der Waals surface area contributed by atoms with Gasteiger partial charge in [-0.15, -0.1) is 11.6 Å². The Morgan fingerprint density at radius 1 is 1.50 bits per heavy atom. The summed E-state index contributed by atoms with van der Waals surface area (Å²) in [6, 6.07) is 0. The molecule has 0 radical (unpaired) electrons. The molecule has 0 aliphatic rings. The van der Waals surface area contributed by atoms with Crippen LogP contribution in [-0.4, -0.2) is 5.88 Å². The van der Waals surface area contributed by atoms with Crippen molar-refractivity contribution in [1.29, 1.82) is 0 Å². The number of rotatable bonds is 1. The van der Waals surface area contributed by atoms with Crippen LogP contribution in [0.2, 0.25) is 0 Å². The fourth-order valence-corrected chi connectivity index (χ4v) is 0. The van der Waals surface area contributed by atoms with Crippen molar-refractivity contribution < 1.29 is 29.6 Å². The SMILES string of the molecule is CC(C)CCl.[Na+]. The Bertz CT molecular complexity index is 21.5. The van der Waals surface area contributed by atoms with Crippen molar-refractivity contribution in [3.63, 3.8) is 0 Å². The van der Waals surface area contributed by atoms with E-state index in [1.165, 1.54) is 0 Å². The van der Waals surface area contributed by atoms with Crippen LogP contribution in [-0.2, 0) is 0 Å². The summed E-state index contributed by atoms with van der Waals surface area (Å²) in [5, 5.41) is 0. The number of halogens is 1. The zero-order valence-electron chi connectivity index (χ0n) is 4.66. The van der Waals surface area contributed by atoms with Gasteiger partial charge >= 0.3 is 29.6 Å². The molecule has 0 atom stereocenters. The summed E-state index contributed by atoms with van der Waals surface area (Å²) < 4.78 is 0. The molecule has 0 nitrogen and oxygen atoms in total. The van der Waals surface area contributed by atoms with Crippen molar-refractivity contribution in [2.24, 2.45) is 5.92 Å². The minimum absolute atomic E-state index is 0. The van der Waals surface area contributed by atoms with Gasteiger partial charge < -0.3 is 0 Å². The second-order valence-corrected chi connectivity index (χ2v) is 1.86. The maximum Gasteiger partial charge on any atom is 1.00 e. The van der Waals surface area contributed by atoms with Gasteiger partial charge in [0.2, 0.25) is 0 Å². The standard InChI is InChI=1S/C4H9Cl.Na/c1-4(2)3-5;/h4H,3H2,1-2H3;/q;+1. The Kier molecular flexibility index (Phi) is 10.8. The molecule has 0 amide bonds. The monoisotopic (exact) mass is 115 g/mol. The predicted octanol–water partition coefficient (Wildman–Crippen LogP) is -1.11. The minimum atomic E-state index is 0. The van der Waals surface area contributed by atoms with Crippen molar-refractivity contribution in [1.82, 2.24) is 0 Å². The van der Waals surface area contributed by atoms with Crippen LogP contribution < -0.4 is 29.6 Å². The van der Waals surface area contributed by atoms with E-state index in [1.54, 1.807) is 0 Å². The van der Waals surface area contributed by atoms with Gasteiger partial charge in [0.25, 0.3) is 0 Å². The van der Waals surface area contributed by atoms with Gasteiger partial charge in [0.1, 0.15) is 0 Å². The Hall–Kier alpha value is 1.29. The molecule has 0 fully saturated rings. The zero-order valence-corrected chi connectivity index (χ0v) is 7.42. The van der Waals surface area contributed by atoms with Crippen molar-refractivity contribution in [2.45, 2.75) is 13.8 Å². The van der Waals surface area contributed by atoms with Crippen molar-refractivity contribution in [2.75, 3.05) is 5.88 Å². The van der Waals surface area contributed by atoms with E-state index in [1.807, 2.05) is 0 Å². The predicted molar refractivity (Wildman–Crippen MR) is 25.6 cm³/mol. The molecule has 0 aliphatic heterocycles. The molecule has 0 rings (SSSR count). The Morgan fingerprint density at radius 2 is 1.67 bits per heavy atom. The zero-order chi connectivity index (χ0) is 4.28. The van der Waals surface area contributed by atoms with E-state index in [4.69, 9.17) is 11.6 Å². The van der Waals surface area contributed by atoms with Crippen LogP contribution in [0.4, 0.5) is 0 Å². The number of hydrogen-bond acceptors (Lipinski definition) is 0. The van der Waals surface area contributed by atoms with Gasteiger partial charge in [-0.1, -0.05) is 13.8 Å². The molecule has 2 heteroatoms. The van der Waals surface area contributed by atoms with Gasteiger partial charge in [-0.3, -0.25) is 0 Å². The van der Waals surface area contributed by atoms with Crippen LogP contribution in [0.25, 0.3) is 0 Å². The summed E-state index contributed by atoms with van der Waals surface area (Å²) in [5.74, 6) is 1.43. The van der Waals surface area contributed by atoms with Gasteiger partial charge in [-0.05, 0) is 5.92 Å². The molecule has 0 aromatic heterocycles. The third-order valence-corrected chi connectivity index (χ3v) is 0.926. The molecule has 6 heavy (non-hydrogen) atoms. The second-order valence-electron chi connectivity index (χ2n) is 1.55. The van der Waals surface area contributed by atoms with Crippen LogP contribution in [0.1, 0.15) is 13.8 Å². The van der Waals surface area contributed by atoms with E-state index >= 15 is 0 Å². The van der Waals surface area contributed by atoms with E-state index < -0.39 is 0 Å². The molecule has 0 N–H and O–H groups in total. The molecule has 0 heterocycles. The minimum Gasteiger partial charge on any atom is -0.126 e. The number of hydrogen-bond donors (Lipinski definition) is 0. The van der Waals surface area contributed by atoms with Crippen LogP contribution >= 0.6 is 11.6 Å². The molecule has 0 spiro atoms. The second kappa shape index (κ2) is 6.29. The van der Waals surface area contributed by atoms with E-state index in [2.05, 4.69) is 13.8 Å². The van der Waals surface area contributed by atoms with Crippen LogP contribution in [0.5, 0.6) is 0 Å². The first-order valence-corrected chi connectivity index (χ1v) is 2.36. The Balaban J connectivity index is 0. The third kappa shape index (κ3) is 8.99. The smallest absolute Gasteiger partial charge is 0.126 e. The van der Waals surface area contributed by atoms with Crippen molar-refractivity contribution in [3.8, 4) is 0 Å². The van der Waals surface area contributed by atoms with Crippen molar-refractivity contribution in [3.05, 3.63) is 0 Å². The molecule has 0 saturated heterocycles. The first-order chi connectivity index (χ1) is 2.27. The normalized spacial score (nSPS) is 8.00. The Labute approximate surface area is 66.6 Å². The quantitative estimate of drug-likeness (QED) is 0.300. The summed E-state index contributed by atoms with van der Waals surface area (Å²) in [6.07, 6.45) is 0. The molecular formula is C4H9ClNa+.